The van der Waals surface area contributed by atoms with Crippen molar-refractivity contribution in [1.29, 1.82) is 5.26 Å². The summed E-state index contributed by atoms with van der Waals surface area (Å²) in [7, 11) is 1.65. The molecule has 2 aromatic carbocycles. The Bertz CT molecular complexity index is 872. The summed E-state index contributed by atoms with van der Waals surface area (Å²) in [5.41, 5.74) is 0.747. The van der Waals surface area contributed by atoms with E-state index in [4.69, 9.17) is 19.9 Å². The predicted octanol–water partition coefficient (Wildman–Crippen LogP) is 4.33. The third kappa shape index (κ3) is 4.30. The van der Waals surface area contributed by atoms with Gasteiger partial charge in [-0.2, -0.15) is 5.26 Å². The van der Waals surface area contributed by atoms with Gasteiger partial charge in [0.05, 0.1) is 5.60 Å². The van der Waals surface area contributed by atoms with E-state index >= 15 is 0 Å². The maximum absolute atomic E-state index is 14.3. The van der Waals surface area contributed by atoms with E-state index in [1.807, 2.05) is 12.1 Å². The summed E-state index contributed by atoms with van der Waals surface area (Å²) in [5, 5.41) is 20.7. The molecule has 140 valence electrons. The topological polar surface area (TPSA) is 74.8 Å². The Kier molecular flexibility index (Phi) is 6.11. The molecule has 5 nitrogen and oxygen atoms in total. The van der Waals surface area contributed by atoms with Gasteiger partial charge in [-0.05, 0) is 35.9 Å². The molecule has 3 rings (SSSR count). The molecule has 0 radical (unpaired) electrons. The van der Waals surface area contributed by atoms with Crippen LogP contribution in [0.1, 0.15) is 24.0 Å². The second kappa shape index (κ2) is 8.53. The lowest BCUT2D eigenvalue weighted by atomic mass is 9.86. The molecule has 0 aromatic heterocycles. The Hall–Kier alpha value is -2.40. The largest absolute Gasteiger partial charge is 0.410 e. The third-order valence-corrected chi connectivity index (χ3v) is 5.64. The molecule has 0 amide bonds. The van der Waals surface area contributed by atoms with Gasteiger partial charge in [0.1, 0.15) is 11.9 Å². The molecule has 1 heterocycles. The summed E-state index contributed by atoms with van der Waals surface area (Å²) in [6, 6.07) is 13.8. The summed E-state index contributed by atoms with van der Waals surface area (Å²) in [6.45, 7) is 1.17. The van der Waals surface area contributed by atoms with Crippen LogP contribution in [-0.4, -0.2) is 31.2 Å². The Morgan fingerprint density at radius 2 is 1.93 bits per heavy atom. The molecule has 27 heavy (non-hydrogen) atoms. The van der Waals surface area contributed by atoms with E-state index < -0.39 is 5.60 Å². The van der Waals surface area contributed by atoms with Crippen molar-refractivity contribution in [1.82, 2.24) is 0 Å². The number of hydrogen-bond donors (Lipinski definition) is 1. The van der Waals surface area contributed by atoms with Gasteiger partial charge in [0.15, 0.2) is 5.71 Å². The summed E-state index contributed by atoms with van der Waals surface area (Å²) in [4.78, 5) is 1.64. The minimum atomic E-state index is -0.529. The first-order chi connectivity index (χ1) is 13.1. The molecule has 0 bridgehead atoms. The molecular formula is C20H19FN2O3S. The molecule has 1 fully saturated rings. The number of ether oxygens (including phenoxy) is 2. The van der Waals surface area contributed by atoms with E-state index in [0.29, 0.717) is 31.6 Å². The highest BCUT2D eigenvalue weighted by Crippen LogP contribution is 2.38. The van der Waals surface area contributed by atoms with Crippen LogP contribution < -0.4 is 0 Å². The van der Waals surface area contributed by atoms with Crippen molar-refractivity contribution in [3.05, 3.63) is 59.4 Å². The van der Waals surface area contributed by atoms with E-state index in [-0.39, 0.29) is 11.5 Å². The first-order valence-corrected chi connectivity index (χ1v) is 9.26. The minimum Gasteiger partial charge on any atom is -0.410 e. The van der Waals surface area contributed by atoms with E-state index in [9.17, 15) is 4.39 Å². The monoisotopic (exact) mass is 386 g/mol. The van der Waals surface area contributed by atoms with Gasteiger partial charge in [-0.3, -0.25) is 0 Å². The van der Waals surface area contributed by atoms with Crippen LogP contribution in [0.4, 0.5) is 4.39 Å². The number of oxime groups is 1. The van der Waals surface area contributed by atoms with Crippen LogP contribution in [0.25, 0.3) is 0 Å². The van der Waals surface area contributed by atoms with Crippen LogP contribution in [-0.2, 0) is 15.1 Å². The van der Waals surface area contributed by atoms with E-state index in [0.717, 1.165) is 15.4 Å². The van der Waals surface area contributed by atoms with Crippen molar-refractivity contribution < 1.29 is 19.1 Å². The summed E-state index contributed by atoms with van der Waals surface area (Å²) < 4.78 is 25.5. The van der Waals surface area contributed by atoms with E-state index in [1.54, 1.807) is 31.4 Å². The molecule has 1 saturated heterocycles. The average Bonchev–Trinajstić information content (AvgIpc) is 2.70. The molecule has 0 aliphatic carbocycles. The maximum Gasteiger partial charge on any atom is 0.186 e. The molecule has 2 aromatic rings. The van der Waals surface area contributed by atoms with Crippen molar-refractivity contribution in [2.45, 2.75) is 28.2 Å². The highest BCUT2D eigenvalue weighted by Gasteiger charge is 2.35. The number of methoxy groups -OCH3 is 1. The van der Waals surface area contributed by atoms with Crippen molar-refractivity contribution >= 4 is 17.5 Å². The number of rotatable bonds is 5. The fraction of sp³-hybridized carbons (Fsp3) is 0.300. The lowest BCUT2D eigenvalue weighted by molar-refractivity contribution is -0.0950. The van der Waals surface area contributed by atoms with Crippen molar-refractivity contribution in [2.75, 3.05) is 20.3 Å². The smallest absolute Gasteiger partial charge is 0.186 e. The number of nitriles is 1. The minimum absolute atomic E-state index is 0.0545. The van der Waals surface area contributed by atoms with Gasteiger partial charge in [0.25, 0.3) is 0 Å². The van der Waals surface area contributed by atoms with E-state index in [1.165, 1.54) is 23.9 Å². The van der Waals surface area contributed by atoms with Gasteiger partial charge in [-0.1, -0.05) is 29.1 Å². The zero-order valence-corrected chi connectivity index (χ0v) is 15.6. The maximum atomic E-state index is 14.3. The lowest BCUT2D eigenvalue weighted by Crippen LogP contribution is -2.35. The Balaban J connectivity index is 1.86. The summed E-state index contributed by atoms with van der Waals surface area (Å²) >= 11 is 1.41. The second-order valence-electron chi connectivity index (χ2n) is 6.17. The Morgan fingerprint density at radius 1 is 1.22 bits per heavy atom. The molecule has 1 aliphatic heterocycles. The van der Waals surface area contributed by atoms with E-state index in [2.05, 4.69) is 5.16 Å². The number of nitrogens with zero attached hydrogens (tertiary/aromatic N) is 2. The van der Waals surface area contributed by atoms with Crippen LogP contribution >= 0.6 is 11.8 Å². The quantitative estimate of drug-likeness (QED) is 0.470. The van der Waals surface area contributed by atoms with Gasteiger partial charge >= 0.3 is 0 Å². The fourth-order valence-corrected chi connectivity index (χ4v) is 4.06. The van der Waals surface area contributed by atoms with Crippen LogP contribution in [0.2, 0.25) is 0 Å². The van der Waals surface area contributed by atoms with Gasteiger partial charge in [-0.15, -0.1) is 0 Å². The van der Waals surface area contributed by atoms with Gasteiger partial charge in [0, 0.05) is 48.5 Å². The molecule has 1 aliphatic rings. The summed E-state index contributed by atoms with van der Waals surface area (Å²) in [5.74, 6) is -0.311. The number of benzene rings is 2. The predicted molar refractivity (Wildman–Crippen MR) is 99.6 cm³/mol. The van der Waals surface area contributed by atoms with Gasteiger partial charge < -0.3 is 14.7 Å². The fourth-order valence-electron chi connectivity index (χ4n) is 3.16. The zero-order valence-electron chi connectivity index (χ0n) is 14.8. The molecule has 0 atom stereocenters. The SMILES string of the molecule is COC1(c2cc(F)cc(Sc3ccc(C(C#N)=NO)cc3)c2)CCOCC1. The van der Waals surface area contributed by atoms with Crippen LogP contribution in [0, 0.1) is 17.1 Å². The Morgan fingerprint density at radius 3 is 2.52 bits per heavy atom. The van der Waals surface area contributed by atoms with Crippen LogP contribution in [0.3, 0.4) is 0 Å². The van der Waals surface area contributed by atoms with Gasteiger partial charge in [0.2, 0.25) is 0 Å². The molecule has 0 saturated carbocycles. The number of halogens is 1. The first-order valence-electron chi connectivity index (χ1n) is 8.44. The summed E-state index contributed by atoms with van der Waals surface area (Å²) in [6.07, 6.45) is 1.37. The third-order valence-electron chi connectivity index (χ3n) is 4.66. The van der Waals surface area contributed by atoms with Crippen molar-refractivity contribution in [3.63, 3.8) is 0 Å². The van der Waals surface area contributed by atoms with Crippen molar-refractivity contribution in [3.8, 4) is 6.07 Å². The number of hydrogen-bond acceptors (Lipinski definition) is 6. The highest BCUT2D eigenvalue weighted by atomic mass is 32.2. The normalized spacial score (nSPS) is 16.7. The molecule has 7 heteroatoms. The lowest BCUT2D eigenvalue weighted by Gasteiger charge is -2.36. The van der Waals surface area contributed by atoms with Gasteiger partial charge in [-0.25, -0.2) is 4.39 Å². The average molecular weight is 386 g/mol. The Labute approximate surface area is 161 Å². The molecule has 0 unspecified atom stereocenters. The highest BCUT2D eigenvalue weighted by molar-refractivity contribution is 7.99. The first kappa shape index (κ1) is 19.4. The molecular weight excluding hydrogens is 367 g/mol. The van der Waals surface area contributed by atoms with Crippen molar-refractivity contribution in [2.24, 2.45) is 5.16 Å². The van der Waals surface area contributed by atoms with Crippen LogP contribution in [0.15, 0.2) is 57.4 Å². The molecule has 1 N–H and O–H groups in total. The standard InChI is InChI=1S/C20H19FN2O3S/c1-25-20(6-8-26-9-7-20)15-10-16(21)12-18(11-15)27-17-4-2-14(3-5-17)19(13-22)23-24/h2-5,10-12,24H,6-9H2,1H3. The molecule has 0 spiro atoms. The second-order valence-corrected chi connectivity index (χ2v) is 7.32. The van der Waals surface area contributed by atoms with Crippen LogP contribution in [0.5, 0.6) is 0 Å². The zero-order chi connectivity index (χ0) is 19.3.